The fourth-order valence-corrected chi connectivity index (χ4v) is 0.802. The Bertz CT molecular complexity index is 112. The van der Waals surface area contributed by atoms with E-state index in [-0.39, 0.29) is 6.03 Å². The zero-order valence-corrected chi connectivity index (χ0v) is 7.26. The van der Waals surface area contributed by atoms with Gasteiger partial charge in [-0.25, -0.2) is 4.79 Å². The smallest absolute Gasteiger partial charge is 0.317 e. The van der Waals surface area contributed by atoms with E-state index in [0.29, 0.717) is 13.1 Å². The second kappa shape index (κ2) is 5.97. The van der Waals surface area contributed by atoms with Crippen molar-refractivity contribution in [2.75, 3.05) is 26.2 Å². The monoisotopic (exact) mass is 159 g/mol. The van der Waals surface area contributed by atoms with Crippen LogP contribution < -0.4 is 11.1 Å². The van der Waals surface area contributed by atoms with Gasteiger partial charge in [-0.05, 0) is 13.8 Å². The molecule has 0 aromatic rings. The quantitative estimate of drug-likeness (QED) is 0.606. The molecule has 66 valence electrons. The lowest BCUT2D eigenvalue weighted by atomic mass is 10.5. The van der Waals surface area contributed by atoms with Gasteiger partial charge in [0.15, 0.2) is 0 Å². The van der Waals surface area contributed by atoms with Crippen molar-refractivity contribution in [1.82, 2.24) is 10.2 Å². The summed E-state index contributed by atoms with van der Waals surface area (Å²) < 4.78 is 0. The molecule has 0 rings (SSSR count). The van der Waals surface area contributed by atoms with Crippen LogP contribution in [0.3, 0.4) is 0 Å². The predicted molar refractivity (Wildman–Crippen MR) is 45.4 cm³/mol. The molecule has 0 spiro atoms. The van der Waals surface area contributed by atoms with Crippen molar-refractivity contribution < 1.29 is 4.79 Å². The van der Waals surface area contributed by atoms with Crippen molar-refractivity contribution in [2.45, 2.75) is 13.8 Å². The summed E-state index contributed by atoms with van der Waals surface area (Å²) in [4.78, 5) is 12.8. The maximum Gasteiger partial charge on any atom is 0.317 e. The second-order valence-electron chi connectivity index (χ2n) is 2.19. The normalized spacial score (nSPS) is 9.36. The number of hydrogen-bond donors (Lipinski definition) is 2. The average molecular weight is 159 g/mol. The molecule has 0 aliphatic rings. The van der Waals surface area contributed by atoms with E-state index < -0.39 is 0 Å². The highest BCUT2D eigenvalue weighted by atomic mass is 16.2. The highest BCUT2D eigenvalue weighted by molar-refractivity contribution is 5.73. The van der Waals surface area contributed by atoms with Crippen LogP contribution in [0.15, 0.2) is 0 Å². The summed E-state index contributed by atoms with van der Waals surface area (Å²) in [5, 5.41) is 2.70. The summed E-state index contributed by atoms with van der Waals surface area (Å²) in [6.45, 7) is 6.43. The molecular weight excluding hydrogens is 142 g/mol. The van der Waals surface area contributed by atoms with Gasteiger partial charge in [0.1, 0.15) is 0 Å². The van der Waals surface area contributed by atoms with Gasteiger partial charge in [-0.15, -0.1) is 0 Å². The second-order valence-corrected chi connectivity index (χ2v) is 2.19. The maximum atomic E-state index is 11.1. The van der Waals surface area contributed by atoms with Crippen LogP contribution in [0.4, 0.5) is 4.79 Å². The van der Waals surface area contributed by atoms with Gasteiger partial charge in [0, 0.05) is 26.2 Å². The lowest BCUT2D eigenvalue weighted by Crippen LogP contribution is -2.41. The minimum absolute atomic E-state index is 0.0274. The van der Waals surface area contributed by atoms with Crippen LogP contribution in [0, 0.1) is 0 Å². The zero-order chi connectivity index (χ0) is 8.69. The standard InChI is InChI=1S/C7H17N3O/c1-3-10(4-2)7(11)9-6-5-8/h3-6,8H2,1-2H3,(H,9,11). The van der Waals surface area contributed by atoms with E-state index in [2.05, 4.69) is 5.32 Å². The number of amides is 2. The van der Waals surface area contributed by atoms with E-state index in [4.69, 9.17) is 5.73 Å². The van der Waals surface area contributed by atoms with Gasteiger partial charge >= 0.3 is 6.03 Å². The van der Waals surface area contributed by atoms with Crippen LogP contribution >= 0.6 is 0 Å². The summed E-state index contributed by atoms with van der Waals surface area (Å²) in [5.74, 6) is 0. The van der Waals surface area contributed by atoms with Gasteiger partial charge in [0.25, 0.3) is 0 Å². The van der Waals surface area contributed by atoms with Crippen LogP contribution in [0.25, 0.3) is 0 Å². The topological polar surface area (TPSA) is 58.4 Å². The Balaban J connectivity index is 3.61. The number of nitrogens with one attached hydrogen (secondary N) is 1. The van der Waals surface area contributed by atoms with Crippen molar-refractivity contribution >= 4 is 6.03 Å². The third kappa shape index (κ3) is 3.83. The minimum atomic E-state index is -0.0274. The summed E-state index contributed by atoms with van der Waals surface area (Å²) >= 11 is 0. The van der Waals surface area contributed by atoms with Gasteiger partial charge in [0.05, 0.1) is 0 Å². The molecular formula is C7H17N3O. The summed E-state index contributed by atoms with van der Waals surface area (Å²) in [7, 11) is 0. The Morgan fingerprint density at radius 3 is 2.36 bits per heavy atom. The molecule has 0 saturated heterocycles. The summed E-state index contributed by atoms with van der Waals surface area (Å²) in [6.07, 6.45) is 0. The summed E-state index contributed by atoms with van der Waals surface area (Å²) in [6, 6.07) is -0.0274. The van der Waals surface area contributed by atoms with Gasteiger partial charge in [-0.3, -0.25) is 0 Å². The van der Waals surface area contributed by atoms with Crippen LogP contribution in [0.1, 0.15) is 13.8 Å². The predicted octanol–water partition coefficient (Wildman–Crippen LogP) is -0.00350. The molecule has 3 N–H and O–H groups in total. The molecule has 0 aromatic heterocycles. The van der Waals surface area contributed by atoms with Crippen molar-refractivity contribution in [2.24, 2.45) is 5.73 Å². The third-order valence-electron chi connectivity index (χ3n) is 1.47. The third-order valence-corrected chi connectivity index (χ3v) is 1.47. The van der Waals surface area contributed by atoms with E-state index in [1.54, 1.807) is 4.90 Å². The Hall–Kier alpha value is -0.770. The Morgan fingerprint density at radius 2 is 2.00 bits per heavy atom. The number of nitrogens with zero attached hydrogens (tertiary/aromatic N) is 1. The molecule has 0 bridgehead atoms. The number of nitrogens with two attached hydrogens (primary N) is 1. The van der Waals surface area contributed by atoms with Crippen LogP contribution in [-0.4, -0.2) is 37.1 Å². The highest BCUT2D eigenvalue weighted by Gasteiger charge is 2.06. The van der Waals surface area contributed by atoms with E-state index in [0.717, 1.165) is 13.1 Å². The molecule has 0 atom stereocenters. The molecule has 0 unspecified atom stereocenters. The van der Waals surface area contributed by atoms with Crippen molar-refractivity contribution in [1.29, 1.82) is 0 Å². The molecule has 0 saturated carbocycles. The fourth-order valence-electron chi connectivity index (χ4n) is 0.802. The number of rotatable bonds is 4. The van der Waals surface area contributed by atoms with Gasteiger partial charge < -0.3 is 16.0 Å². The molecule has 4 heteroatoms. The lowest BCUT2D eigenvalue weighted by Gasteiger charge is -2.18. The van der Waals surface area contributed by atoms with E-state index in [1.807, 2.05) is 13.8 Å². The Labute approximate surface area is 67.7 Å². The van der Waals surface area contributed by atoms with Crippen molar-refractivity contribution in [3.63, 3.8) is 0 Å². The number of carbonyl (C=O) groups excluding carboxylic acids is 1. The molecule has 0 aliphatic carbocycles. The largest absolute Gasteiger partial charge is 0.337 e. The maximum absolute atomic E-state index is 11.1. The van der Waals surface area contributed by atoms with Crippen molar-refractivity contribution in [3.05, 3.63) is 0 Å². The van der Waals surface area contributed by atoms with Crippen LogP contribution in [-0.2, 0) is 0 Å². The van der Waals surface area contributed by atoms with Gasteiger partial charge in [-0.1, -0.05) is 0 Å². The molecule has 4 nitrogen and oxygen atoms in total. The Kier molecular flexibility index (Phi) is 5.56. The first-order valence-electron chi connectivity index (χ1n) is 3.99. The van der Waals surface area contributed by atoms with Crippen molar-refractivity contribution in [3.8, 4) is 0 Å². The number of urea groups is 1. The fraction of sp³-hybridized carbons (Fsp3) is 0.857. The van der Waals surface area contributed by atoms with Crippen LogP contribution in [0.5, 0.6) is 0 Å². The molecule has 2 amide bonds. The number of carbonyl (C=O) groups is 1. The molecule has 0 fully saturated rings. The molecule has 0 radical (unpaired) electrons. The SMILES string of the molecule is CCN(CC)C(=O)NCCN. The summed E-state index contributed by atoms with van der Waals surface area (Å²) in [5.41, 5.74) is 5.23. The Morgan fingerprint density at radius 1 is 1.45 bits per heavy atom. The van der Waals surface area contributed by atoms with E-state index in [9.17, 15) is 4.79 Å². The first kappa shape index (κ1) is 10.2. The lowest BCUT2D eigenvalue weighted by molar-refractivity contribution is 0.203. The zero-order valence-electron chi connectivity index (χ0n) is 7.26. The first-order chi connectivity index (χ1) is 5.26. The van der Waals surface area contributed by atoms with Gasteiger partial charge in [0.2, 0.25) is 0 Å². The first-order valence-corrected chi connectivity index (χ1v) is 3.99. The van der Waals surface area contributed by atoms with Crippen LogP contribution in [0.2, 0.25) is 0 Å². The molecule has 11 heavy (non-hydrogen) atoms. The highest BCUT2D eigenvalue weighted by Crippen LogP contribution is 1.86. The molecule has 0 aliphatic heterocycles. The minimum Gasteiger partial charge on any atom is -0.337 e. The van der Waals surface area contributed by atoms with E-state index in [1.165, 1.54) is 0 Å². The van der Waals surface area contributed by atoms with E-state index >= 15 is 0 Å². The van der Waals surface area contributed by atoms with Gasteiger partial charge in [-0.2, -0.15) is 0 Å². The molecule has 0 aromatic carbocycles. The average Bonchev–Trinajstić information content (AvgIpc) is 2.03. The number of hydrogen-bond acceptors (Lipinski definition) is 2. The molecule has 0 heterocycles.